The molecule has 2 nitrogen and oxygen atoms in total. The zero-order valence-electron chi connectivity index (χ0n) is 6.48. The lowest BCUT2D eigenvalue weighted by atomic mass is 10.8. The molecule has 0 aromatic heterocycles. The average molecular weight is 145 g/mol. The molecule has 0 saturated heterocycles. The van der Waals surface area contributed by atoms with Crippen molar-refractivity contribution in [3.63, 3.8) is 0 Å². The first-order valence-electron chi connectivity index (χ1n) is 3.25. The molecule has 0 spiro atoms. The number of ether oxygens (including phenoxy) is 1. The van der Waals surface area contributed by atoms with Gasteiger partial charge in [-0.3, -0.25) is 0 Å². The van der Waals surface area contributed by atoms with Gasteiger partial charge >= 0.3 is 0 Å². The first kappa shape index (κ1) is 9.14. The van der Waals surface area contributed by atoms with E-state index in [4.69, 9.17) is 10.5 Å². The van der Waals surface area contributed by atoms with Crippen LogP contribution in [0.4, 0.5) is 0 Å². The normalized spacial score (nSPS) is 12.0. The van der Waals surface area contributed by atoms with Crippen LogP contribution in [0.1, 0.15) is 0 Å². The zero-order chi connectivity index (χ0) is 7.33. The largest absolute Gasteiger partial charge is 0.363 e. The van der Waals surface area contributed by atoms with Crippen molar-refractivity contribution in [1.82, 2.24) is 5.73 Å². The molecule has 0 unspecified atom stereocenters. The van der Waals surface area contributed by atoms with E-state index in [0.29, 0.717) is 6.61 Å². The summed E-state index contributed by atoms with van der Waals surface area (Å²) >= 11 is 0. The third-order valence-corrected chi connectivity index (χ3v) is 2.79. The van der Waals surface area contributed by atoms with Gasteiger partial charge in [0.2, 0.25) is 0 Å². The lowest BCUT2D eigenvalue weighted by Crippen LogP contribution is -2.21. The highest BCUT2D eigenvalue weighted by Crippen LogP contribution is 2.06. The summed E-state index contributed by atoms with van der Waals surface area (Å²) in [5.41, 5.74) is 8.26. The smallest absolute Gasteiger partial charge is 0.130 e. The maximum Gasteiger partial charge on any atom is 0.130 e. The standard InChI is InChI=1S/C6H15NOSi/c1-9(2,3)5-4-8-6-7/h4-6H2,1-3H3. The highest BCUT2D eigenvalue weighted by molar-refractivity contribution is 6.76. The van der Waals surface area contributed by atoms with Crippen molar-refractivity contribution < 1.29 is 4.74 Å². The summed E-state index contributed by atoms with van der Waals surface area (Å²) < 4.78 is 4.80. The monoisotopic (exact) mass is 145 g/mol. The molecule has 9 heavy (non-hydrogen) atoms. The lowest BCUT2D eigenvalue weighted by molar-refractivity contribution is 0.149. The first-order chi connectivity index (χ1) is 4.06. The molecule has 0 heterocycles. The fourth-order valence-electron chi connectivity index (χ4n) is 0.443. The second-order valence-electron chi connectivity index (χ2n) is 3.35. The van der Waals surface area contributed by atoms with Gasteiger partial charge in [0.15, 0.2) is 0 Å². The minimum atomic E-state index is -0.931. The molecule has 0 bridgehead atoms. The first-order valence-corrected chi connectivity index (χ1v) is 6.95. The quantitative estimate of drug-likeness (QED) is 0.434. The highest BCUT2D eigenvalue weighted by Gasteiger charge is 2.11. The molecule has 0 saturated carbocycles. The maximum atomic E-state index is 8.26. The van der Waals surface area contributed by atoms with Gasteiger partial charge in [0.05, 0.1) is 0 Å². The molecule has 0 aliphatic heterocycles. The van der Waals surface area contributed by atoms with Crippen molar-refractivity contribution in [3.8, 4) is 0 Å². The highest BCUT2D eigenvalue weighted by atomic mass is 28.3. The summed E-state index contributed by atoms with van der Waals surface area (Å²) in [4.78, 5) is 0. The minimum Gasteiger partial charge on any atom is -0.363 e. The summed E-state index contributed by atoms with van der Waals surface area (Å²) in [5, 5.41) is 0. The molecule has 0 aliphatic carbocycles. The van der Waals surface area contributed by atoms with Crippen LogP contribution in [0.3, 0.4) is 0 Å². The van der Waals surface area contributed by atoms with Gasteiger partial charge in [-0.1, -0.05) is 19.6 Å². The molecule has 0 aliphatic rings. The minimum absolute atomic E-state index is 0.134. The topological polar surface area (TPSA) is 31.5 Å². The Bertz CT molecular complexity index is 69.9. The summed E-state index contributed by atoms with van der Waals surface area (Å²) in [5.74, 6) is 0. The van der Waals surface area contributed by atoms with Crippen LogP contribution in [0.25, 0.3) is 0 Å². The number of rotatable bonds is 4. The Morgan fingerprint density at radius 3 is 2.22 bits per heavy atom. The lowest BCUT2D eigenvalue weighted by Gasteiger charge is -2.14. The molecule has 0 aromatic rings. The van der Waals surface area contributed by atoms with Crippen molar-refractivity contribution >= 4 is 8.07 Å². The van der Waals surface area contributed by atoms with Crippen LogP contribution in [0.2, 0.25) is 25.7 Å². The summed E-state index contributed by atoms with van der Waals surface area (Å²) in [6.45, 7) is 7.44. The number of hydrogen-bond acceptors (Lipinski definition) is 1. The van der Waals surface area contributed by atoms with Gasteiger partial charge in [-0.25, -0.2) is 0 Å². The van der Waals surface area contributed by atoms with Crippen LogP contribution in [0.15, 0.2) is 0 Å². The van der Waals surface area contributed by atoms with Crippen LogP contribution in [-0.4, -0.2) is 21.4 Å². The van der Waals surface area contributed by atoms with E-state index in [-0.39, 0.29) is 6.73 Å². The van der Waals surface area contributed by atoms with Crippen LogP contribution < -0.4 is 5.73 Å². The summed E-state index contributed by atoms with van der Waals surface area (Å²) in [7, 11) is -0.931. The summed E-state index contributed by atoms with van der Waals surface area (Å²) in [6, 6.07) is 1.13. The van der Waals surface area contributed by atoms with Gasteiger partial charge in [0.1, 0.15) is 6.73 Å². The second-order valence-corrected chi connectivity index (χ2v) is 8.97. The van der Waals surface area contributed by atoms with Gasteiger partial charge in [-0.15, -0.1) is 5.73 Å². The van der Waals surface area contributed by atoms with E-state index < -0.39 is 8.07 Å². The van der Waals surface area contributed by atoms with E-state index in [1.165, 1.54) is 0 Å². The molecular weight excluding hydrogens is 130 g/mol. The molecule has 0 aromatic carbocycles. The molecule has 0 atom stereocenters. The molecule has 3 heteroatoms. The van der Waals surface area contributed by atoms with Crippen molar-refractivity contribution in [3.05, 3.63) is 0 Å². The number of nitrogens with zero attached hydrogens (tertiary/aromatic N) is 1. The zero-order valence-corrected chi connectivity index (χ0v) is 7.48. The Hall–Kier alpha value is 0.137. The molecular formula is C6H15NOSi. The van der Waals surface area contributed by atoms with Crippen molar-refractivity contribution in [2.24, 2.45) is 0 Å². The Morgan fingerprint density at radius 1 is 1.33 bits per heavy atom. The fourth-order valence-corrected chi connectivity index (χ4v) is 1.20. The second kappa shape index (κ2) is 4.03. The van der Waals surface area contributed by atoms with E-state index >= 15 is 0 Å². The Labute approximate surface area is 58.4 Å². The van der Waals surface area contributed by atoms with E-state index in [1.54, 1.807) is 0 Å². The third-order valence-electron chi connectivity index (χ3n) is 1.09. The fraction of sp³-hybridized carbons (Fsp3) is 1.00. The SMILES string of the molecule is C[Si](C)(C)CCOC[N]. The Kier molecular flexibility index (Phi) is 4.09. The van der Waals surface area contributed by atoms with E-state index in [9.17, 15) is 0 Å². The van der Waals surface area contributed by atoms with E-state index in [2.05, 4.69) is 19.6 Å². The molecule has 0 rings (SSSR count). The maximum absolute atomic E-state index is 8.26. The van der Waals surface area contributed by atoms with Gasteiger partial charge in [0.25, 0.3) is 0 Å². The van der Waals surface area contributed by atoms with Crippen molar-refractivity contribution in [2.45, 2.75) is 25.7 Å². The Balaban J connectivity index is 3.07. The number of hydrogen-bond donors (Lipinski definition) is 0. The predicted octanol–water partition coefficient (Wildman–Crippen LogP) is 1.37. The average Bonchev–Trinajstić information content (AvgIpc) is 1.63. The Morgan fingerprint density at radius 2 is 1.89 bits per heavy atom. The molecule has 0 N–H and O–H groups in total. The van der Waals surface area contributed by atoms with E-state index in [0.717, 1.165) is 6.04 Å². The van der Waals surface area contributed by atoms with E-state index in [1.807, 2.05) is 0 Å². The van der Waals surface area contributed by atoms with Crippen molar-refractivity contribution in [2.75, 3.05) is 13.3 Å². The van der Waals surface area contributed by atoms with Crippen molar-refractivity contribution in [1.29, 1.82) is 0 Å². The van der Waals surface area contributed by atoms with Gasteiger partial charge in [-0.05, 0) is 6.04 Å². The van der Waals surface area contributed by atoms with Crippen LogP contribution in [-0.2, 0) is 4.74 Å². The van der Waals surface area contributed by atoms with Gasteiger partial charge in [0, 0.05) is 14.7 Å². The third kappa shape index (κ3) is 8.14. The molecule has 2 radical (unpaired) electrons. The molecule has 54 valence electrons. The van der Waals surface area contributed by atoms with Gasteiger partial charge < -0.3 is 4.74 Å². The summed E-state index contributed by atoms with van der Waals surface area (Å²) in [6.07, 6.45) is 0. The van der Waals surface area contributed by atoms with Crippen LogP contribution in [0.5, 0.6) is 0 Å². The van der Waals surface area contributed by atoms with Crippen LogP contribution in [0, 0.1) is 0 Å². The van der Waals surface area contributed by atoms with Crippen LogP contribution >= 0.6 is 0 Å². The molecule has 0 amide bonds. The predicted molar refractivity (Wildman–Crippen MR) is 41.1 cm³/mol. The van der Waals surface area contributed by atoms with Gasteiger partial charge in [-0.2, -0.15) is 0 Å². The molecule has 0 fully saturated rings.